The Balaban J connectivity index is 2.20. The second kappa shape index (κ2) is 8.21. The summed E-state index contributed by atoms with van der Waals surface area (Å²) >= 11 is 0. The van der Waals surface area contributed by atoms with Crippen LogP contribution in [0, 0.1) is 0 Å². The molecule has 2 rings (SSSR count). The summed E-state index contributed by atoms with van der Waals surface area (Å²) in [5, 5.41) is 6.08. The number of hydrogen-bond acceptors (Lipinski definition) is 4. The number of guanidine groups is 1. The molecular formula is C15H19F2N3O3. The van der Waals surface area contributed by atoms with Gasteiger partial charge in [-0.15, -0.1) is 6.58 Å². The molecule has 1 aromatic carbocycles. The van der Waals surface area contributed by atoms with E-state index >= 15 is 0 Å². The summed E-state index contributed by atoms with van der Waals surface area (Å²) in [5.41, 5.74) is 0.477. The molecule has 1 aliphatic heterocycles. The van der Waals surface area contributed by atoms with E-state index in [-0.39, 0.29) is 19.1 Å². The molecule has 0 radical (unpaired) electrons. The molecule has 0 unspecified atom stereocenters. The van der Waals surface area contributed by atoms with Crippen LogP contribution in [0.25, 0.3) is 0 Å². The zero-order valence-corrected chi connectivity index (χ0v) is 12.8. The Morgan fingerprint density at radius 2 is 2.13 bits per heavy atom. The van der Waals surface area contributed by atoms with Gasteiger partial charge in [-0.25, -0.2) is 4.99 Å². The first-order valence-corrected chi connectivity index (χ1v) is 7.14. The maximum Gasteiger partial charge on any atom is 0.387 e. The van der Waals surface area contributed by atoms with Crippen LogP contribution in [0.4, 0.5) is 8.78 Å². The average molecular weight is 327 g/mol. The Kier molecular flexibility index (Phi) is 6.02. The van der Waals surface area contributed by atoms with E-state index in [0.29, 0.717) is 36.1 Å². The third kappa shape index (κ3) is 4.73. The van der Waals surface area contributed by atoms with Crippen LogP contribution < -0.4 is 24.8 Å². The Morgan fingerprint density at radius 1 is 1.39 bits per heavy atom. The van der Waals surface area contributed by atoms with Gasteiger partial charge in [-0.05, 0) is 13.0 Å². The molecule has 0 aromatic heterocycles. The van der Waals surface area contributed by atoms with Crippen molar-refractivity contribution in [2.24, 2.45) is 4.99 Å². The minimum absolute atomic E-state index is 0.0209. The molecule has 23 heavy (non-hydrogen) atoms. The van der Waals surface area contributed by atoms with E-state index < -0.39 is 6.61 Å². The Bertz CT molecular complexity index is 579. The van der Waals surface area contributed by atoms with Gasteiger partial charge in [0.15, 0.2) is 17.5 Å². The van der Waals surface area contributed by atoms with Gasteiger partial charge in [-0.3, -0.25) is 0 Å². The standard InChI is InChI=1S/C15H19F2N3O3/c1-3-5-19-15(18-4-2)20-8-10-6-12-13(22-9-21-12)7-11(10)23-14(16)17/h3,6-7,14H,1,4-5,8-9H2,2H3,(H2,18,19,20). The van der Waals surface area contributed by atoms with Gasteiger partial charge >= 0.3 is 6.61 Å². The van der Waals surface area contributed by atoms with E-state index in [4.69, 9.17) is 9.47 Å². The average Bonchev–Trinajstić information content (AvgIpc) is 2.96. The molecule has 0 fully saturated rings. The van der Waals surface area contributed by atoms with E-state index in [9.17, 15) is 8.78 Å². The lowest BCUT2D eigenvalue weighted by Crippen LogP contribution is -2.37. The van der Waals surface area contributed by atoms with Crippen molar-refractivity contribution < 1.29 is 23.0 Å². The lowest BCUT2D eigenvalue weighted by molar-refractivity contribution is -0.0505. The molecule has 0 saturated carbocycles. The molecule has 0 spiro atoms. The third-order valence-electron chi connectivity index (χ3n) is 2.94. The van der Waals surface area contributed by atoms with Crippen LogP contribution in [0.15, 0.2) is 29.8 Å². The van der Waals surface area contributed by atoms with E-state index in [1.807, 2.05) is 6.92 Å². The monoisotopic (exact) mass is 327 g/mol. The van der Waals surface area contributed by atoms with Crippen molar-refractivity contribution in [1.29, 1.82) is 0 Å². The van der Waals surface area contributed by atoms with Crippen molar-refractivity contribution in [2.45, 2.75) is 20.1 Å². The molecule has 0 atom stereocenters. The van der Waals surface area contributed by atoms with Gasteiger partial charge in [-0.1, -0.05) is 6.08 Å². The first kappa shape index (κ1) is 16.9. The zero-order valence-electron chi connectivity index (χ0n) is 12.8. The highest BCUT2D eigenvalue weighted by atomic mass is 19.3. The van der Waals surface area contributed by atoms with E-state index in [1.54, 1.807) is 12.1 Å². The fourth-order valence-corrected chi connectivity index (χ4v) is 1.97. The predicted molar refractivity (Wildman–Crippen MR) is 82.2 cm³/mol. The van der Waals surface area contributed by atoms with Crippen LogP contribution in [0.3, 0.4) is 0 Å². The highest BCUT2D eigenvalue weighted by Crippen LogP contribution is 2.38. The maximum absolute atomic E-state index is 12.6. The van der Waals surface area contributed by atoms with E-state index in [2.05, 4.69) is 26.9 Å². The molecule has 1 aliphatic rings. The summed E-state index contributed by atoms with van der Waals surface area (Å²) in [5.74, 6) is 1.44. The molecular weight excluding hydrogens is 308 g/mol. The number of alkyl halides is 2. The van der Waals surface area contributed by atoms with E-state index in [1.165, 1.54) is 6.07 Å². The molecule has 0 bridgehead atoms. The zero-order chi connectivity index (χ0) is 16.7. The molecule has 126 valence electrons. The molecule has 0 aliphatic carbocycles. The number of benzene rings is 1. The SMILES string of the molecule is C=CCNC(=NCc1cc2c(cc1OC(F)F)OCO2)NCC. The number of aliphatic imine (C=N–C) groups is 1. The Morgan fingerprint density at radius 3 is 2.78 bits per heavy atom. The fourth-order valence-electron chi connectivity index (χ4n) is 1.97. The van der Waals surface area contributed by atoms with Gasteiger partial charge in [0, 0.05) is 24.7 Å². The first-order valence-electron chi connectivity index (χ1n) is 7.14. The van der Waals surface area contributed by atoms with Crippen molar-refractivity contribution in [3.63, 3.8) is 0 Å². The van der Waals surface area contributed by atoms with Gasteiger partial charge in [0.2, 0.25) is 6.79 Å². The quantitative estimate of drug-likeness (QED) is 0.457. The summed E-state index contributed by atoms with van der Waals surface area (Å²) in [4.78, 5) is 4.34. The molecule has 0 amide bonds. The van der Waals surface area contributed by atoms with Crippen LogP contribution >= 0.6 is 0 Å². The van der Waals surface area contributed by atoms with Gasteiger partial charge in [-0.2, -0.15) is 8.78 Å². The molecule has 8 heteroatoms. The summed E-state index contributed by atoms with van der Waals surface area (Å²) in [6.07, 6.45) is 1.69. The molecule has 1 heterocycles. The van der Waals surface area contributed by atoms with Crippen molar-refractivity contribution in [2.75, 3.05) is 19.9 Å². The van der Waals surface area contributed by atoms with Crippen molar-refractivity contribution in [3.8, 4) is 17.2 Å². The number of halogens is 2. The largest absolute Gasteiger partial charge is 0.454 e. The second-order valence-corrected chi connectivity index (χ2v) is 4.56. The predicted octanol–water partition coefficient (Wildman–Crippen LogP) is 2.26. The fraction of sp³-hybridized carbons (Fsp3) is 0.400. The minimum atomic E-state index is -2.93. The lowest BCUT2D eigenvalue weighted by Gasteiger charge is -2.12. The van der Waals surface area contributed by atoms with Gasteiger partial charge in [0.25, 0.3) is 0 Å². The van der Waals surface area contributed by atoms with E-state index in [0.717, 1.165) is 0 Å². The molecule has 6 nitrogen and oxygen atoms in total. The first-order chi connectivity index (χ1) is 11.1. The number of nitrogens with zero attached hydrogens (tertiary/aromatic N) is 1. The topological polar surface area (TPSA) is 64.1 Å². The number of fused-ring (bicyclic) bond motifs is 1. The van der Waals surface area contributed by atoms with Crippen LogP contribution in [0.2, 0.25) is 0 Å². The highest BCUT2D eigenvalue weighted by Gasteiger charge is 2.20. The van der Waals surface area contributed by atoms with Crippen LogP contribution in [0.5, 0.6) is 17.2 Å². The molecule has 1 aromatic rings. The van der Waals surface area contributed by atoms with Gasteiger partial charge < -0.3 is 24.8 Å². The number of nitrogens with one attached hydrogen (secondary N) is 2. The Labute approximate surface area is 133 Å². The number of hydrogen-bond donors (Lipinski definition) is 2. The van der Waals surface area contributed by atoms with Gasteiger partial charge in [0.1, 0.15) is 5.75 Å². The van der Waals surface area contributed by atoms with Crippen LogP contribution in [0.1, 0.15) is 12.5 Å². The summed E-state index contributed by atoms with van der Waals surface area (Å²) in [7, 11) is 0. The minimum Gasteiger partial charge on any atom is -0.454 e. The van der Waals surface area contributed by atoms with Crippen molar-refractivity contribution in [3.05, 3.63) is 30.4 Å². The lowest BCUT2D eigenvalue weighted by atomic mass is 10.1. The van der Waals surface area contributed by atoms with Gasteiger partial charge in [0.05, 0.1) is 6.54 Å². The number of ether oxygens (including phenoxy) is 3. The smallest absolute Gasteiger partial charge is 0.387 e. The second-order valence-electron chi connectivity index (χ2n) is 4.56. The summed E-state index contributed by atoms with van der Waals surface area (Å²) in [6, 6.07) is 2.99. The van der Waals surface area contributed by atoms with Crippen molar-refractivity contribution in [1.82, 2.24) is 10.6 Å². The molecule has 0 saturated heterocycles. The number of rotatable bonds is 7. The Hall–Kier alpha value is -2.51. The maximum atomic E-state index is 12.6. The summed E-state index contributed by atoms with van der Waals surface area (Å²) in [6.45, 7) is 4.03. The van der Waals surface area contributed by atoms with Crippen LogP contribution in [-0.4, -0.2) is 32.5 Å². The normalized spacial score (nSPS) is 13.1. The summed E-state index contributed by atoms with van der Waals surface area (Å²) < 4.78 is 40.1. The third-order valence-corrected chi connectivity index (χ3v) is 2.94. The highest BCUT2D eigenvalue weighted by molar-refractivity contribution is 5.79. The molecule has 2 N–H and O–H groups in total. The van der Waals surface area contributed by atoms with Crippen LogP contribution in [-0.2, 0) is 6.54 Å². The van der Waals surface area contributed by atoms with Crippen molar-refractivity contribution >= 4 is 5.96 Å².